The highest BCUT2D eigenvalue weighted by atomic mass is 19.4. The van der Waals surface area contributed by atoms with Crippen molar-refractivity contribution in [3.05, 3.63) is 40.6 Å². The first-order valence-electron chi connectivity index (χ1n) is 9.09. The van der Waals surface area contributed by atoms with Gasteiger partial charge in [-0.3, -0.25) is 19.1 Å². The van der Waals surface area contributed by atoms with Crippen LogP contribution in [0.15, 0.2) is 29.5 Å². The summed E-state index contributed by atoms with van der Waals surface area (Å²) in [5.41, 5.74) is -2.08. The zero-order chi connectivity index (χ0) is 23.0. The molecule has 3 heterocycles. The quantitative estimate of drug-likeness (QED) is 0.556. The third-order valence-corrected chi connectivity index (χ3v) is 3.98. The van der Waals surface area contributed by atoms with E-state index in [-0.39, 0.29) is 18.0 Å². The standard InChI is InChI=1S/C18H20F3N7O3/c1-17(2,3)9-27-12-6-10(25-11-7-22-4-5-23-11)26-28(12)16(31)13(15(27)30)14(29)24-8-18(19,20)21/h4-7,31H,8-9H2,1-3H3,(H,24,29)(H,23,25,26). The lowest BCUT2D eigenvalue weighted by Crippen LogP contribution is -2.39. The molecule has 3 N–H and O–H groups in total. The number of carbonyl (C=O) groups excluding carboxylic acids is 1. The molecule has 0 aliphatic rings. The molecule has 0 spiro atoms. The Morgan fingerprint density at radius 1 is 1.19 bits per heavy atom. The second kappa shape index (κ2) is 7.89. The number of aromatic nitrogens is 5. The minimum atomic E-state index is -4.68. The number of nitrogens with one attached hydrogen (secondary N) is 2. The normalized spacial score (nSPS) is 12.2. The molecule has 0 aromatic carbocycles. The van der Waals surface area contributed by atoms with Crippen LogP contribution in [0.1, 0.15) is 31.1 Å². The predicted molar refractivity (Wildman–Crippen MR) is 104 cm³/mol. The van der Waals surface area contributed by atoms with E-state index in [1.54, 1.807) is 5.32 Å². The van der Waals surface area contributed by atoms with E-state index >= 15 is 0 Å². The maximum atomic E-state index is 13.0. The number of halogens is 3. The number of nitrogens with zero attached hydrogens (tertiary/aromatic N) is 5. The highest BCUT2D eigenvalue weighted by molar-refractivity contribution is 5.96. The fourth-order valence-electron chi connectivity index (χ4n) is 2.81. The molecular formula is C18H20F3N7O3. The third-order valence-electron chi connectivity index (χ3n) is 3.98. The summed E-state index contributed by atoms with van der Waals surface area (Å²) in [6.07, 6.45) is -0.358. The first-order valence-corrected chi connectivity index (χ1v) is 9.09. The van der Waals surface area contributed by atoms with E-state index in [1.807, 2.05) is 20.8 Å². The molecule has 0 fully saturated rings. The zero-order valence-corrected chi connectivity index (χ0v) is 16.9. The molecule has 3 aromatic heterocycles. The topological polar surface area (TPSA) is 126 Å². The van der Waals surface area contributed by atoms with Gasteiger partial charge in [-0.2, -0.15) is 17.7 Å². The van der Waals surface area contributed by atoms with E-state index in [0.717, 1.165) is 4.52 Å². The van der Waals surface area contributed by atoms with Gasteiger partial charge in [0.25, 0.3) is 11.5 Å². The van der Waals surface area contributed by atoms with Crippen molar-refractivity contribution in [1.29, 1.82) is 0 Å². The van der Waals surface area contributed by atoms with Crippen LogP contribution in [-0.4, -0.2) is 47.9 Å². The van der Waals surface area contributed by atoms with Gasteiger partial charge in [-0.05, 0) is 5.41 Å². The lowest BCUT2D eigenvalue weighted by molar-refractivity contribution is -0.123. The number of amides is 1. The molecule has 0 radical (unpaired) electrons. The summed E-state index contributed by atoms with van der Waals surface area (Å²) in [5.74, 6) is -1.73. The van der Waals surface area contributed by atoms with Gasteiger partial charge in [0.15, 0.2) is 11.4 Å². The lowest BCUT2D eigenvalue weighted by atomic mass is 9.97. The van der Waals surface area contributed by atoms with Crippen LogP contribution in [0.4, 0.5) is 24.8 Å². The SMILES string of the molecule is CC(C)(C)Cn1c(=O)c(C(=O)NCC(F)(F)F)c(O)n2nc(Nc3cnccn3)cc12. The molecule has 3 rings (SSSR count). The highest BCUT2D eigenvalue weighted by Gasteiger charge is 2.31. The number of anilines is 2. The van der Waals surface area contributed by atoms with E-state index < -0.39 is 41.0 Å². The Hall–Kier alpha value is -3.64. The minimum Gasteiger partial charge on any atom is -0.492 e. The molecule has 0 unspecified atom stereocenters. The Morgan fingerprint density at radius 2 is 1.90 bits per heavy atom. The van der Waals surface area contributed by atoms with Crippen LogP contribution < -0.4 is 16.2 Å². The maximum absolute atomic E-state index is 13.0. The van der Waals surface area contributed by atoms with Crippen molar-refractivity contribution in [1.82, 2.24) is 29.5 Å². The lowest BCUT2D eigenvalue weighted by Gasteiger charge is -2.21. The van der Waals surface area contributed by atoms with Gasteiger partial charge >= 0.3 is 6.18 Å². The van der Waals surface area contributed by atoms with Crippen LogP contribution in [-0.2, 0) is 6.54 Å². The van der Waals surface area contributed by atoms with Crippen LogP contribution in [0.25, 0.3) is 5.65 Å². The first kappa shape index (κ1) is 22.1. The van der Waals surface area contributed by atoms with Gasteiger partial charge in [0.1, 0.15) is 18.0 Å². The minimum absolute atomic E-state index is 0.103. The largest absolute Gasteiger partial charge is 0.492 e. The van der Waals surface area contributed by atoms with Crippen molar-refractivity contribution in [3.63, 3.8) is 0 Å². The van der Waals surface area contributed by atoms with Gasteiger partial charge in [-0.1, -0.05) is 20.8 Å². The van der Waals surface area contributed by atoms with Crippen molar-refractivity contribution < 1.29 is 23.1 Å². The summed E-state index contributed by atoms with van der Waals surface area (Å²) >= 11 is 0. The number of fused-ring (bicyclic) bond motifs is 1. The summed E-state index contributed by atoms with van der Waals surface area (Å²) in [7, 11) is 0. The van der Waals surface area contributed by atoms with Crippen molar-refractivity contribution >= 4 is 23.2 Å². The van der Waals surface area contributed by atoms with Crippen LogP contribution in [0.3, 0.4) is 0 Å². The summed E-state index contributed by atoms with van der Waals surface area (Å²) in [6.45, 7) is 3.95. The van der Waals surface area contributed by atoms with Crippen LogP contribution in [0.2, 0.25) is 0 Å². The van der Waals surface area contributed by atoms with E-state index in [1.165, 1.54) is 29.2 Å². The monoisotopic (exact) mass is 439 g/mol. The second-order valence-electron chi connectivity index (χ2n) is 7.96. The third kappa shape index (κ3) is 5.10. The Kier molecular flexibility index (Phi) is 5.61. The fourth-order valence-corrected chi connectivity index (χ4v) is 2.81. The van der Waals surface area contributed by atoms with Gasteiger partial charge in [0.2, 0.25) is 5.88 Å². The smallest absolute Gasteiger partial charge is 0.405 e. The van der Waals surface area contributed by atoms with Gasteiger partial charge in [-0.15, -0.1) is 5.10 Å². The van der Waals surface area contributed by atoms with Crippen LogP contribution in [0, 0.1) is 5.41 Å². The van der Waals surface area contributed by atoms with Crippen molar-refractivity contribution in [2.75, 3.05) is 11.9 Å². The number of rotatable bonds is 5. The summed E-state index contributed by atoms with van der Waals surface area (Å²) in [6, 6.07) is 1.44. The molecule has 0 atom stereocenters. The number of aromatic hydroxyl groups is 1. The molecule has 0 aliphatic heterocycles. The molecule has 0 saturated heterocycles. The molecule has 1 amide bonds. The molecule has 166 valence electrons. The Balaban J connectivity index is 2.14. The molecule has 0 saturated carbocycles. The molecule has 3 aromatic rings. The van der Waals surface area contributed by atoms with Gasteiger partial charge in [-0.25, -0.2) is 4.98 Å². The van der Waals surface area contributed by atoms with E-state index in [2.05, 4.69) is 20.4 Å². The molecular weight excluding hydrogens is 419 g/mol. The molecule has 31 heavy (non-hydrogen) atoms. The van der Waals surface area contributed by atoms with Crippen molar-refractivity contribution in [3.8, 4) is 5.88 Å². The number of carbonyl (C=O) groups is 1. The van der Waals surface area contributed by atoms with Crippen molar-refractivity contribution in [2.24, 2.45) is 5.41 Å². The second-order valence-corrected chi connectivity index (χ2v) is 7.96. The number of hydrogen-bond donors (Lipinski definition) is 3. The fraction of sp³-hybridized carbons (Fsp3) is 0.389. The van der Waals surface area contributed by atoms with Crippen molar-refractivity contribution in [2.45, 2.75) is 33.5 Å². The number of hydrogen-bond acceptors (Lipinski definition) is 7. The Bertz CT molecular complexity index is 1160. The Labute approximate surface area is 173 Å². The molecule has 13 heteroatoms. The Morgan fingerprint density at radius 3 is 2.48 bits per heavy atom. The van der Waals surface area contributed by atoms with Crippen LogP contribution in [0.5, 0.6) is 5.88 Å². The van der Waals surface area contributed by atoms with E-state index in [9.17, 15) is 27.9 Å². The first-order chi connectivity index (χ1) is 14.4. The van der Waals surface area contributed by atoms with Gasteiger partial charge in [0, 0.05) is 25.0 Å². The van der Waals surface area contributed by atoms with E-state index in [4.69, 9.17) is 0 Å². The predicted octanol–water partition coefficient (Wildman–Crippen LogP) is 2.07. The van der Waals surface area contributed by atoms with Gasteiger partial charge in [0.05, 0.1) is 6.20 Å². The average molecular weight is 439 g/mol. The molecule has 0 aliphatic carbocycles. The van der Waals surface area contributed by atoms with E-state index in [0.29, 0.717) is 5.82 Å². The summed E-state index contributed by atoms with van der Waals surface area (Å²) < 4.78 is 39.6. The molecule has 10 nitrogen and oxygen atoms in total. The zero-order valence-electron chi connectivity index (χ0n) is 16.9. The average Bonchev–Trinajstić information content (AvgIpc) is 3.07. The summed E-state index contributed by atoms with van der Waals surface area (Å²) in [4.78, 5) is 33.3. The number of alkyl halides is 3. The van der Waals surface area contributed by atoms with Gasteiger partial charge < -0.3 is 15.7 Å². The molecule has 0 bridgehead atoms. The summed E-state index contributed by atoms with van der Waals surface area (Å²) in [5, 5.41) is 19.1. The highest BCUT2D eigenvalue weighted by Crippen LogP contribution is 2.24. The maximum Gasteiger partial charge on any atom is 0.405 e. The van der Waals surface area contributed by atoms with Crippen LogP contribution >= 0.6 is 0 Å².